The fourth-order valence-electron chi connectivity index (χ4n) is 3.81. The fraction of sp³-hybridized carbons (Fsp3) is 0.783. The molecule has 0 heterocycles. The molecule has 4 nitrogen and oxygen atoms in total. The maximum Gasteiger partial charge on any atom is 0.134 e. The molecule has 0 fully saturated rings. The molecule has 0 aromatic rings. The number of hydrogen-bond acceptors (Lipinski definition) is 4. The summed E-state index contributed by atoms with van der Waals surface area (Å²) in [5.41, 5.74) is 0. The molecule has 0 aromatic carbocycles. The molecule has 0 spiro atoms. The zero-order valence-corrected chi connectivity index (χ0v) is 18.0. The standard InChI is InChI=1S/C23H39O4/c1-7-8-9-10-11-12-13-14-21(18(4)25)15-22(19(5)26)23(20(6)27)16(2)17(3)24/h16,21-23H,2,7-15H2,1,3-6H3. The summed E-state index contributed by atoms with van der Waals surface area (Å²) < 4.78 is 0. The monoisotopic (exact) mass is 379 g/mol. The van der Waals surface area contributed by atoms with Gasteiger partial charge in [0.05, 0.1) is 0 Å². The molecule has 0 aliphatic heterocycles. The van der Waals surface area contributed by atoms with Crippen molar-refractivity contribution in [3.8, 4) is 0 Å². The van der Waals surface area contributed by atoms with E-state index in [-0.39, 0.29) is 29.1 Å². The van der Waals surface area contributed by atoms with Crippen molar-refractivity contribution in [3.05, 3.63) is 6.92 Å². The van der Waals surface area contributed by atoms with Crippen molar-refractivity contribution in [2.24, 2.45) is 23.7 Å². The Morgan fingerprint density at radius 1 is 0.704 bits per heavy atom. The van der Waals surface area contributed by atoms with Gasteiger partial charge in [0.1, 0.15) is 23.1 Å². The topological polar surface area (TPSA) is 68.3 Å². The van der Waals surface area contributed by atoms with Crippen LogP contribution in [0.2, 0.25) is 0 Å². The summed E-state index contributed by atoms with van der Waals surface area (Å²) in [7, 11) is 0. The molecule has 0 saturated carbocycles. The van der Waals surface area contributed by atoms with Gasteiger partial charge < -0.3 is 0 Å². The van der Waals surface area contributed by atoms with E-state index in [1.54, 1.807) is 6.92 Å². The second-order valence-electron chi connectivity index (χ2n) is 8.02. The minimum Gasteiger partial charge on any atom is -0.300 e. The maximum absolute atomic E-state index is 12.2. The molecule has 0 bridgehead atoms. The maximum atomic E-state index is 12.2. The highest BCUT2D eigenvalue weighted by Crippen LogP contribution is 2.31. The average Bonchev–Trinajstić information content (AvgIpc) is 2.57. The van der Waals surface area contributed by atoms with Crippen LogP contribution in [0.5, 0.6) is 0 Å². The molecular weight excluding hydrogens is 340 g/mol. The van der Waals surface area contributed by atoms with Crippen molar-refractivity contribution >= 4 is 23.1 Å². The quantitative estimate of drug-likeness (QED) is 0.347. The Morgan fingerprint density at radius 3 is 1.63 bits per heavy atom. The molecule has 27 heavy (non-hydrogen) atoms. The molecule has 0 rings (SSSR count). The lowest BCUT2D eigenvalue weighted by Crippen LogP contribution is -2.37. The van der Waals surface area contributed by atoms with Gasteiger partial charge in [-0.15, -0.1) is 0 Å². The zero-order chi connectivity index (χ0) is 21.0. The number of unbranched alkanes of at least 4 members (excludes halogenated alkanes) is 6. The van der Waals surface area contributed by atoms with E-state index in [4.69, 9.17) is 0 Å². The van der Waals surface area contributed by atoms with Gasteiger partial charge in [-0.05, 0) is 47.5 Å². The minimum atomic E-state index is -0.748. The largest absolute Gasteiger partial charge is 0.300 e. The molecule has 0 aliphatic rings. The van der Waals surface area contributed by atoms with Crippen LogP contribution in [0.4, 0.5) is 0 Å². The van der Waals surface area contributed by atoms with Crippen LogP contribution in [-0.4, -0.2) is 23.1 Å². The van der Waals surface area contributed by atoms with Gasteiger partial charge in [0.2, 0.25) is 0 Å². The van der Waals surface area contributed by atoms with Crippen molar-refractivity contribution in [1.29, 1.82) is 0 Å². The first-order valence-electron chi connectivity index (χ1n) is 10.5. The van der Waals surface area contributed by atoms with E-state index in [9.17, 15) is 19.2 Å². The predicted molar refractivity (Wildman–Crippen MR) is 109 cm³/mol. The van der Waals surface area contributed by atoms with Crippen LogP contribution >= 0.6 is 0 Å². The Kier molecular flexibility index (Phi) is 13.1. The van der Waals surface area contributed by atoms with Crippen LogP contribution in [0.25, 0.3) is 0 Å². The highest BCUT2D eigenvalue weighted by molar-refractivity contribution is 5.93. The fourth-order valence-corrected chi connectivity index (χ4v) is 3.81. The van der Waals surface area contributed by atoms with Gasteiger partial charge in [0, 0.05) is 23.7 Å². The number of hydrogen-bond donors (Lipinski definition) is 0. The molecule has 4 atom stereocenters. The van der Waals surface area contributed by atoms with Crippen LogP contribution in [0.1, 0.15) is 92.4 Å². The van der Waals surface area contributed by atoms with Crippen molar-refractivity contribution in [3.63, 3.8) is 0 Å². The second kappa shape index (κ2) is 13.8. The first kappa shape index (κ1) is 25.7. The van der Waals surface area contributed by atoms with E-state index >= 15 is 0 Å². The Bertz CT molecular complexity index is 495. The van der Waals surface area contributed by atoms with E-state index in [2.05, 4.69) is 13.8 Å². The lowest BCUT2D eigenvalue weighted by Gasteiger charge is -2.29. The number of ketones is 4. The third-order valence-electron chi connectivity index (χ3n) is 5.65. The Morgan fingerprint density at radius 2 is 1.22 bits per heavy atom. The van der Waals surface area contributed by atoms with Crippen LogP contribution in [0.3, 0.4) is 0 Å². The van der Waals surface area contributed by atoms with Crippen LogP contribution < -0.4 is 0 Å². The van der Waals surface area contributed by atoms with Crippen molar-refractivity contribution < 1.29 is 19.2 Å². The van der Waals surface area contributed by atoms with Crippen LogP contribution in [0.15, 0.2) is 0 Å². The first-order chi connectivity index (χ1) is 12.6. The van der Waals surface area contributed by atoms with Crippen molar-refractivity contribution in [2.75, 3.05) is 0 Å². The predicted octanol–water partition coefficient (Wildman–Crippen LogP) is 5.17. The highest BCUT2D eigenvalue weighted by atomic mass is 16.1. The van der Waals surface area contributed by atoms with Gasteiger partial charge in [-0.3, -0.25) is 19.2 Å². The van der Waals surface area contributed by atoms with E-state index in [0.717, 1.165) is 19.3 Å². The average molecular weight is 380 g/mol. The SMILES string of the molecule is [CH2]C(C(C)=O)C(C(C)=O)C(CC(CCCCCCCCC)C(C)=O)C(C)=O. The molecule has 1 radical (unpaired) electrons. The molecule has 155 valence electrons. The highest BCUT2D eigenvalue weighted by Gasteiger charge is 2.37. The van der Waals surface area contributed by atoms with E-state index in [0.29, 0.717) is 6.42 Å². The van der Waals surface area contributed by atoms with Gasteiger partial charge in [-0.25, -0.2) is 0 Å². The second-order valence-corrected chi connectivity index (χ2v) is 8.02. The number of rotatable bonds is 16. The number of Topliss-reactive ketones (excluding diaryl/α,β-unsaturated/α-hetero) is 4. The van der Waals surface area contributed by atoms with Crippen LogP contribution in [0, 0.1) is 30.6 Å². The Labute approximate surface area is 165 Å². The zero-order valence-electron chi connectivity index (χ0n) is 18.0. The van der Waals surface area contributed by atoms with E-state index in [1.807, 2.05) is 0 Å². The Balaban J connectivity index is 4.92. The van der Waals surface area contributed by atoms with E-state index in [1.165, 1.54) is 52.9 Å². The normalized spacial score (nSPS) is 15.6. The van der Waals surface area contributed by atoms with Crippen molar-refractivity contribution in [1.82, 2.24) is 0 Å². The number of carbonyl (C=O) groups excluding carboxylic acids is 4. The first-order valence-corrected chi connectivity index (χ1v) is 10.5. The summed E-state index contributed by atoms with van der Waals surface area (Å²) in [4.78, 5) is 48.3. The van der Waals surface area contributed by atoms with Crippen LogP contribution in [-0.2, 0) is 19.2 Å². The lowest BCUT2D eigenvalue weighted by atomic mass is 9.72. The third kappa shape index (κ3) is 9.97. The van der Waals surface area contributed by atoms with Gasteiger partial charge >= 0.3 is 0 Å². The third-order valence-corrected chi connectivity index (χ3v) is 5.65. The molecule has 4 unspecified atom stereocenters. The molecule has 4 heteroatoms. The molecule has 0 N–H and O–H groups in total. The molecule has 0 aliphatic carbocycles. The van der Waals surface area contributed by atoms with Crippen molar-refractivity contribution in [2.45, 2.75) is 92.4 Å². The molecular formula is C23H39O4. The molecule has 0 saturated heterocycles. The van der Waals surface area contributed by atoms with Gasteiger partial charge in [-0.2, -0.15) is 0 Å². The molecule has 0 amide bonds. The summed E-state index contributed by atoms with van der Waals surface area (Å²) in [6.07, 6.45) is 9.25. The summed E-state index contributed by atoms with van der Waals surface area (Å²) in [6.45, 7) is 11.8. The van der Waals surface area contributed by atoms with Gasteiger partial charge in [-0.1, -0.05) is 51.9 Å². The summed E-state index contributed by atoms with van der Waals surface area (Å²) >= 11 is 0. The lowest BCUT2D eigenvalue weighted by molar-refractivity contribution is -0.136. The van der Waals surface area contributed by atoms with Gasteiger partial charge in [0.15, 0.2) is 0 Å². The van der Waals surface area contributed by atoms with Gasteiger partial charge in [0.25, 0.3) is 0 Å². The minimum absolute atomic E-state index is 0.0537. The number of carbonyl (C=O) groups is 4. The van der Waals surface area contributed by atoms with E-state index < -0.39 is 17.8 Å². The summed E-state index contributed by atoms with van der Waals surface area (Å²) in [5, 5.41) is 0. The summed E-state index contributed by atoms with van der Waals surface area (Å²) in [6, 6.07) is 0. The summed E-state index contributed by atoms with van der Waals surface area (Å²) in [5.74, 6) is -2.84. The Hall–Kier alpha value is -1.32. The smallest absolute Gasteiger partial charge is 0.134 e. The molecule has 0 aromatic heterocycles.